The largest absolute Gasteiger partial charge is 0.465 e. The number of hydrogen-bond donors (Lipinski definition) is 0. The van der Waals surface area contributed by atoms with E-state index in [0.29, 0.717) is 11.4 Å². The topological polar surface area (TPSA) is 109 Å². The zero-order valence-corrected chi connectivity index (χ0v) is 13.0. The molecule has 0 aliphatic rings. The van der Waals surface area contributed by atoms with Gasteiger partial charge >= 0.3 is 11.7 Å². The van der Waals surface area contributed by atoms with Crippen LogP contribution in [0.15, 0.2) is 54.9 Å². The quantitative estimate of drug-likeness (QED) is 0.399. The van der Waals surface area contributed by atoms with Gasteiger partial charge in [-0.1, -0.05) is 11.3 Å². The summed E-state index contributed by atoms with van der Waals surface area (Å²) < 4.78 is 11.8. The minimum Gasteiger partial charge on any atom is -0.465 e. The van der Waals surface area contributed by atoms with Crippen LogP contribution in [0.25, 0.3) is 5.69 Å². The number of ether oxygens (including phenoxy) is 2. The van der Waals surface area contributed by atoms with Crippen molar-refractivity contribution in [2.75, 3.05) is 7.11 Å². The fourth-order valence-corrected chi connectivity index (χ4v) is 2.15. The van der Waals surface area contributed by atoms with Crippen LogP contribution in [0, 0.1) is 10.1 Å². The van der Waals surface area contributed by atoms with E-state index < -0.39 is 10.9 Å². The maximum atomic E-state index is 11.6. The summed E-state index contributed by atoms with van der Waals surface area (Å²) in [6.07, 6.45) is 3.18. The van der Waals surface area contributed by atoms with Crippen LogP contribution in [0.5, 0.6) is 11.5 Å². The number of aromatic nitrogens is 3. The van der Waals surface area contributed by atoms with E-state index in [2.05, 4.69) is 15.0 Å². The summed E-state index contributed by atoms with van der Waals surface area (Å²) in [5, 5.41) is 18.8. The van der Waals surface area contributed by atoms with Crippen LogP contribution in [0.4, 0.5) is 5.69 Å². The normalized spacial score (nSPS) is 10.3. The number of carbonyl (C=O) groups is 1. The third kappa shape index (κ3) is 3.44. The summed E-state index contributed by atoms with van der Waals surface area (Å²) in [6.45, 7) is 0. The Balaban J connectivity index is 1.97. The molecule has 0 amide bonds. The first-order valence-corrected chi connectivity index (χ1v) is 7.10. The van der Waals surface area contributed by atoms with Crippen LogP contribution in [0.3, 0.4) is 0 Å². The number of rotatable bonds is 5. The standard InChI is InChI=1S/C16H12N4O5/c1-24-16(21)11-5-6-14(20(22)23)15(9-11)25-13-4-2-3-12(10-13)19-8-7-17-18-19/h2-10H,1H3. The first-order chi connectivity index (χ1) is 12.1. The Morgan fingerprint density at radius 1 is 1.24 bits per heavy atom. The second-order valence-corrected chi connectivity index (χ2v) is 4.88. The van der Waals surface area contributed by atoms with Crippen LogP contribution in [0.1, 0.15) is 10.4 Å². The molecule has 1 aromatic heterocycles. The summed E-state index contributed by atoms with van der Waals surface area (Å²) in [5.74, 6) is -0.335. The lowest BCUT2D eigenvalue weighted by Gasteiger charge is -2.09. The number of nitro groups is 1. The van der Waals surface area contributed by atoms with Crippen molar-refractivity contribution in [1.29, 1.82) is 0 Å². The van der Waals surface area contributed by atoms with Gasteiger partial charge in [0, 0.05) is 18.2 Å². The molecule has 0 aliphatic carbocycles. The van der Waals surface area contributed by atoms with Crippen molar-refractivity contribution in [1.82, 2.24) is 15.0 Å². The molecule has 3 aromatic rings. The Kier molecular flexibility index (Phi) is 4.38. The first-order valence-electron chi connectivity index (χ1n) is 7.10. The van der Waals surface area contributed by atoms with Gasteiger partial charge in [0.05, 0.1) is 35.7 Å². The maximum absolute atomic E-state index is 11.6. The lowest BCUT2D eigenvalue weighted by atomic mass is 10.2. The van der Waals surface area contributed by atoms with Gasteiger partial charge in [-0.05, 0) is 18.2 Å². The molecule has 0 spiro atoms. The Labute approximate surface area is 141 Å². The molecule has 1 heterocycles. The molecule has 126 valence electrons. The van der Waals surface area contributed by atoms with Crippen LogP contribution in [-0.2, 0) is 4.74 Å². The summed E-state index contributed by atoms with van der Waals surface area (Å²) in [7, 11) is 1.23. The Morgan fingerprint density at radius 2 is 2.08 bits per heavy atom. The fraction of sp³-hybridized carbons (Fsp3) is 0.0625. The van der Waals surface area contributed by atoms with Gasteiger partial charge in [0.1, 0.15) is 5.75 Å². The van der Waals surface area contributed by atoms with Gasteiger partial charge in [0.25, 0.3) is 0 Å². The molecule has 0 bridgehead atoms. The van der Waals surface area contributed by atoms with Crippen LogP contribution >= 0.6 is 0 Å². The van der Waals surface area contributed by atoms with Crippen LogP contribution in [0.2, 0.25) is 0 Å². The minimum absolute atomic E-state index is 0.0661. The molecule has 0 saturated carbocycles. The molecule has 25 heavy (non-hydrogen) atoms. The van der Waals surface area contributed by atoms with Crippen molar-refractivity contribution >= 4 is 11.7 Å². The molecule has 0 saturated heterocycles. The Morgan fingerprint density at radius 3 is 2.76 bits per heavy atom. The maximum Gasteiger partial charge on any atom is 0.337 e. The van der Waals surface area contributed by atoms with E-state index in [1.54, 1.807) is 30.5 Å². The predicted molar refractivity (Wildman–Crippen MR) is 85.9 cm³/mol. The number of methoxy groups -OCH3 is 1. The van der Waals surface area contributed by atoms with Crippen molar-refractivity contribution in [2.45, 2.75) is 0 Å². The van der Waals surface area contributed by atoms with Gasteiger partial charge in [-0.3, -0.25) is 10.1 Å². The van der Waals surface area contributed by atoms with E-state index in [-0.39, 0.29) is 17.0 Å². The van der Waals surface area contributed by atoms with E-state index in [4.69, 9.17) is 4.74 Å². The Hall–Kier alpha value is -3.75. The van der Waals surface area contributed by atoms with E-state index >= 15 is 0 Å². The molecule has 0 fully saturated rings. The third-order valence-electron chi connectivity index (χ3n) is 3.31. The summed E-state index contributed by atoms with van der Waals surface area (Å²) >= 11 is 0. The number of nitrogens with zero attached hydrogens (tertiary/aromatic N) is 4. The molecular weight excluding hydrogens is 328 g/mol. The van der Waals surface area contributed by atoms with E-state index in [0.717, 1.165) is 0 Å². The highest BCUT2D eigenvalue weighted by Crippen LogP contribution is 2.33. The monoisotopic (exact) mass is 340 g/mol. The molecule has 0 atom stereocenters. The average Bonchev–Trinajstić information content (AvgIpc) is 3.15. The van der Waals surface area contributed by atoms with Crippen molar-refractivity contribution in [2.24, 2.45) is 0 Å². The number of esters is 1. The minimum atomic E-state index is -0.615. The lowest BCUT2D eigenvalue weighted by molar-refractivity contribution is -0.385. The van der Waals surface area contributed by atoms with Crippen LogP contribution in [-0.4, -0.2) is 33.0 Å². The first kappa shape index (κ1) is 16.1. The molecule has 0 radical (unpaired) electrons. The molecule has 2 aromatic carbocycles. The highest BCUT2D eigenvalue weighted by molar-refractivity contribution is 5.90. The van der Waals surface area contributed by atoms with Gasteiger partial charge < -0.3 is 9.47 Å². The second-order valence-electron chi connectivity index (χ2n) is 4.88. The van der Waals surface area contributed by atoms with E-state index in [9.17, 15) is 14.9 Å². The molecule has 9 nitrogen and oxygen atoms in total. The SMILES string of the molecule is COC(=O)c1ccc([N+](=O)[O-])c(Oc2cccc(-n3ccnn3)c2)c1. The van der Waals surface area contributed by atoms with Gasteiger partial charge in [0.15, 0.2) is 0 Å². The van der Waals surface area contributed by atoms with Gasteiger partial charge in [0.2, 0.25) is 5.75 Å². The Bertz CT molecular complexity index is 924. The van der Waals surface area contributed by atoms with Gasteiger partial charge in [-0.25, -0.2) is 9.48 Å². The van der Waals surface area contributed by atoms with E-state index in [1.807, 2.05) is 0 Å². The summed E-state index contributed by atoms with van der Waals surface area (Å²) in [5.41, 5.74) is 0.552. The molecule has 9 heteroatoms. The molecule has 0 unspecified atom stereocenters. The van der Waals surface area contributed by atoms with E-state index in [1.165, 1.54) is 36.2 Å². The highest BCUT2D eigenvalue weighted by Gasteiger charge is 2.19. The third-order valence-corrected chi connectivity index (χ3v) is 3.31. The van der Waals surface area contributed by atoms with Crippen molar-refractivity contribution in [3.05, 3.63) is 70.5 Å². The van der Waals surface area contributed by atoms with Gasteiger partial charge in [-0.2, -0.15) is 0 Å². The zero-order chi connectivity index (χ0) is 17.8. The predicted octanol–water partition coefficient (Wildman–Crippen LogP) is 2.75. The molecule has 0 N–H and O–H groups in total. The smallest absolute Gasteiger partial charge is 0.337 e. The van der Waals surface area contributed by atoms with Crippen molar-refractivity contribution in [3.63, 3.8) is 0 Å². The number of benzene rings is 2. The number of hydrogen-bond acceptors (Lipinski definition) is 7. The zero-order valence-electron chi connectivity index (χ0n) is 13.0. The van der Waals surface area contributed by atoms with Crippen molar-refractivity contribution < 1.29 is 19.2 Å². The average molecular weight is 340 g/mol. The molecular formula is C16H12N4O5. The number of carbonyl (C=O) groups excluding carboxylic acids is 1. The van der Waals surface area contributed by atoms with Gasteiger partial charge in [-0.15, -0.1) is 5.10 Å². The van der Waals surface area contributed by atoms with Crippen LogP contribution < -0.4 is 4.74 Å². The number of nitro benzene ring substituents is 1. The molecule has 0 aliphatic heterocycles. The fourth-order valence-electron chi connectivity index (χ4n) is 2.15. The summed E-state index contributed by atoms with van der Waals surface area (Å²) in [6, 6.07) is 10.5. The molecule has 3 rings (SSSR count). The lowest BCUT2D eigenvalue weighted by Crippen LogP contribution is -2.03. The highest BCUT2D eigenvalue weighted by atomic mass is 16.6. The summed E-state index contributed by atoms with van der Waals surface area (Å²) in [4.78, 5) is 22.3. The second kappa shape index (κ2) is 6.79. The van der Waals surface area contributed by atoms with Crippen molar-refractivity contribution in [3.8, 4) is 17.2 Å².